The highest BCUT2D eigenvalue weighted by atomic mass is 16.2. The molecular formula is C30H34N4O2. The predicted molar refractivity (Wildman–Crippen MR) is 144 cm³/mol. The Morgan fingerprint density at radius 3 is 1.97 bits per heavy atom. The maximum absolute atomic E-state index is 13.5. The number of aromatic nitrogens is 2. The third-order valence-electron chi connectivity index (χ3n) is 7.07. The van der Waals surface area contributed by atoms with E-state index in [1.54, 1.807) is 0 Å². The van der Waals surface area contributed by atoms with Gasteiger partial charge in [-0.3, -0.25) is 14.3 Å². The van der Waals surface area contributed by atoms with Crippen molar-refractivity contribution in [2.45, 2.75) is 44.8 Å². The number of hydrogen-bond donors (Lipinski definition) is 1. The molecule has 0 bridgehead atoms. The number of para-hydroxylation sites is 2. The van der Waals surface area contributed by atoms with Crippen LogP contribution in [0.1, 0.15) is 47.6 Å². The minimum atomic E-state index is -0.196. The van der Waals surface area contributed by atoms with E-state index in [0.717, 1.165) is 56.6 Å². The lowest BCUT2D eigenvalue weighted by Crippen LogP contribution is -2.36. The molecule has 3 aromatic carbocycles. The standard InChI is InChI=1S/C30H34N4O2/c35-29(34-28-15-8-7-14-27(28)33(30(34)36)26-17-19-31-20-18-26)16-9-21-32(22-24-10-3-1-4-11-24)23-25-12-5-2-6-13-25/h1-8,10-15,26,31H,9,16-23H2. The van der Waals surface area contributed by atoms with Crippen molar-refractivity contribution in [3.05, 3.63) is 107 Å². The van der Waals surface area contributed by atoms with Gasteiger partial charge in [-0.1, -0.05) is 72.8 Å². The second kappa shape index (κ2) is 11.5. The van der Waals surface area contributed by atoms with Gasteiger partial charge in [0.1, 0.15) is 0 Å². The second-order valence-electron chi connectivity index (χ2n) is 9.64. The molecule has 0 atom stereocenters. The molecule has 1 fully saturated rings. The van der Waals surface area contributed by atoms with Crippen molar-refractivity contribution >= 4 is 16.9 Å². The van der Waals surface area contributed by atoms with E-state index in [2.05, 4.69) is 58.7 Å². The first kappa shape index (κ1) is 24.2. The molecule has 1 aliphatic rings. The Kier molecular flexibility index (Phi) is 7.74. The van der Waals surface area contributed by atoms with E-state index >= 15 is 0 Å². The summed E-state index contributed by atoms with van der Waals surface area (Å²) >= 11 is 0. The molecule has 4 aromatic rings. The Balaban J connectivity index is 1.31. The number of hydrogen-bond acceptors (Lipinski definition) is 4. The highest BCUT2D eigenvalue weighted by molar-refractivity contribution is 5.90. The van der Waals surface area contributed by atoms with Gasteiger partial charge in [0.15, 0.2) is 0 Å². The van der Waals surface area contributed by atoms with Gasteiger partial charge in [-0.25, -0.2) is 9.36 Å². The van der Waals surface area contributed by atoms with E-state index in [9.17, 15) is 9.59 Å². The maximum Gasteiger partial charge on any atom is 0.336 e. The van der Waals surface area contributed by atoms with Crippen molar-refractivity contribution in [3.63, 3.8) is 0 Å². The maximum atomic E-state index is 13.5. The van der Waals surface area contributed by atoms with Crippen LogP contribution in [0.15, 0.2) is 89.7 Å². The first-order chi connectivity index (χ1) is 17.7. The van der Waals surface area contributed by atoms with Crippen LogP contribution in [-0.2, 0) is 13.1 Å². The quantitative estimate of drug-likeness (QED) is 0.371. The summed E-state index contributed by atoms with van der Waals surface area (Å²) in [5.41, 5.74) is 3.88. The SMILES string of the molecule is O=C(CCCN(Cc1ccccc1)Cc1ccccc1)n1c(=O)n(C2CCNCC2)c2ccccc21. The van der Waals surface area contributed by atoms with Crippen molar-refractivity contribution in [3.8, 4) is 0 Å². The van der Waals surface area contributed by atoms with Crippen LogP contribution in [0, 0.1) is 0 Å². The highest BCUT2D eigenvalue weighted by Crippen LogP contribution is 2.23. The van der Waals surface area contributed by atoms with Crippen LogP contribution >= 0.6 is 0 Å². The van der Waals surface area contributed by atoms with Gasteiger partial charge >= 0.3 is 5.69 Å². The molecular weight excluding hydrogens is 448 g/mol. The lowest BCUT2D eigenvalue weighted by molar-refractivity contribution is 0.0892. The number of carbonyl (C=O) groups is 1. The van der Waals surface area contributed by atoms with E-state index in [-0.39, 0.29) is 17.6 Å². The Hall–Kier alpha value is -3.48. The summed E-state index contributed by atoms with van der Waals surface area (Å²) in [5, 5.41) is 3.36. The lowest BCUT2D eigenvalue weighted by atomic mass is 10.1. The zero-order valence-corrected chi connectivity index (χ0v) is 20.7. The molecule has 1 aliphatic heterocycles. The Labute approximate surface area is 212 Å². The van der Waals surface area contributed by atoms with Gasteiger partial charge in [-0.05, 0) is 62.2 Å². The number of rotatable bonds is 9. The predicted octanol–water partition coefficient (Wildman–Crippen LogP) is 4.85. The smallest absolute Gasteiger partial charge is 0.317 e. The third-order valence-corrected chi connectivity index (χ3v) is 7.07. The number of fused-ring (bicyclic) bond motifs is 1. The first-order valence-electron chi connectivity index (χ1n) is 13.0. The fourth-order valence-electron chi connectivity index (χ4n) is 5.29. The summed E-state index contributed by atoms with van der Waals surface area (Å²) in [6.45, 7) is 4.20. The fourth-order valence-corrected chi connectivity index (χ4v) is 5.29. The van der Waals surface area contributed by atoms with Crippen molar-refractivity contribution in [1.29, 1.82) is 0 Å². The van der Waals surface area contributed by atoms with E-state index in [0.29, 0.717) is 12.8 Å². The van der Waals surface area contributed by atoms with Crippen molar-refractivity contribution in [2.24, 2.45) is 0 Å². The van der Waals surface area contributed by atoms with Gasteiger partial charge in [0.2, 0.25) is 5.91 Å². The molecule has 1 aromatic heterocycles. The topological polar surface area (TPSA) is 59.3 Å². The molecule has 6 nitrogen and oxygen atoms in total. The summed E-state index contributed by atoms with van der Waals surface area (Å²) in [6.07, 6.45) is 2.82. The number of piperidine rings is 1. The minimum Gasteiger partial charge on any atom is -0.317 e. The van der Waals surface area contributed by atoms with Gasteiger partial charge in [-0.15, -0.1) is 0 Å². The van der Waals surface area contributed by atoms with Gasteiger partial charge < -0.3 is 5.32 Å². The minimum absolute atomic E-state index is 0.122. The number of imidazole rings is 1. The molecule has 0 spiro atoms. The number of carbonyl (C=O) groups excluding carboxylic acids is 1. The molecule has 0 unspecified atom stereocenters. The molecule has 36 heavy (non-hydrogen) atoms. The van der Waals surface area contributed by atoms with Gasteiger partial charge in [0.25, 0.3) is 0 Å². The van der Waals surface area contributed by atoms with Crippen molar-refractivity contribution < 1.29 is 4.79 Å². The molecule has 0 amide bonds. The summed E-state index contributed by atoms with van der Waals surface area (Å²) < 4.78 is 3.27. The van der Waals surface area contributed by atoms with Crippen LogP contribution in [-0.4, -0.2) is 39.6 Å². The van der Waals surface area contributed by atoms with Gasteiger partial charge in [0.05, 0.1) is 11.0 Å². The summed E-state index contributed by atoms with van der Waals surface area (Å²) in [7, 11) is 0. The largest absolute Gasteiger partial charge is 0.336 e. The zero-order chi connectivity index (χ0) is 24.7. The Morgan fingerprint density at radius 1 is 0.806 bits per heavy atom. The molecule has 186 valence electrons. The number of nitrogens with zero attached hydrogens (tertiary/aromatic N) is 3. The third kappa shape index (κ3) is 5.50. The Bertz CT molecular complexity index is 1300. The van der Waals surface area contributed by atoms with Crippen LogP contribution in [0.4, 0.5) is 0 Å². The van der Waals surface area contributed by atoms with E-state index in [1.165, 1.54) is 15.7 Å². The second-order valence-corrected chi connectivity index (χ2v) is 9.64. The molecule has 0 saturated carbocycles. The first-order valence-corrected chi connectivity index (χ1v) is 13.0. The summed E-state index contributed by atoms with van der Waals surface area (Å²) in [4.78, 5) is 29.2. The van der Waals surface area contributed by atoms with E-state index in [4.69, 9.17) is 0 Å². The molecule has 6 heteroatoms. The Morgan fingerprint density at radius 2 is 1.36 bits per heavy atom. The normalized spacial score (nSPS) is 14.5. The summed E-state index contributed by atoms with van der Waals surface area (Å²) in [6, 6.07) is 28.7. The fraction of sp³-hybridized carbons (Fsp3) is 0.333. The number of benzene rings is 3. The van der Waals surface area contributed by atoms with Crippen LogP contribution in [0.3, 0.4) is 0 Å². The van der Waals surface area contributed by atoms with Crippen LogP contribution in [0.5, 0.6) is 0 Å². The van der Waals surface area contributed by atoms with Crippen LogP contribution < -0.4 is 11.0 Å². The zero-order valence-electron chi connectivity index (χ0n) is 20.7. The average molecular weight is 483 g/mol. The van der Waals surface area contributed by atoms with Crippen molar-refractivity contribution in [1.82, 2.24) is 19.4 Å². The van der Waals surface area contributed by atoms with E-state index in [1.807, 2.05) is 41.0 Å². The van der Waals surface area contributed by atoms with Crippen LogP contribution in [0.25, 0.3) is 11.0 Å². The molecule has 2 heterocycles. The average Bonchev–Trinajstić information content (AvgIpc) is 3.22. The van der Waals surface area contributed by atoms with E-state index < -0.39 is 0 Å². The van der Waals surface area contributed by atoms with Gasteiger partial charge in [-0.2, -0.15) is 0 Å². The van der Waals surface area contributed by atoms with Gasteiger partial charge in [0, 0.05) is 25.6 Å². The number of nitrogens with one attached hydrogen (secondary N) is 1. The van der Waals surface area contributed by atoms with Crippen molar-refractivity contribution in [2.75, 3.05) is 19.6 Å². The monoisotopic (exact) mass is 482 g/mol. The summed E-state index contributed by atoms with van der Waals surface area (Å²) in [5.74, 6) is -0.122. The molecule has 5 rings (SSSR count). The molecule has 0 aliphatic carbocycles. The lowest BCUT2D eigenvalue weighted by Gasteiger charge is -2.23. The van der Waals surface area contributed by atoms with Crippen LogP contribution in [0.2, 0.25) is 0 Å². The molecule has 1 N–H and O–H groups in total. The highest BCUT2D eigenvalue weighted by Gasteiger charge is 2.24. The molecule has 0 radical (unpaired) electrons. The molecule has 1 saturated heterocycles.